The number of hydrogen-bond acceptors (Lipinski definition) is 3. The van der Waals surface area contributed by atoms with E-state index in [1.165, 1.54) is 5.56 Å². The number of nitrogens with zero attached hydrogens (tertiary/aromatic N) is 1. The summed E-state index contributed by atoms with van der Waals surface area (Å²) in [4.78, 5) is 14.8. The van der Waals surface area contributed by atoms with E-state index in [-0.39, 0.29) is 11.9 Å². The van der Waals surface area contributed by atoms with Gasteiger partial charge in [0.1, 0.15) is 0 Å². The summed E-state index contributed by atoms with van der Waals surface area (Å²) in [6, 6.07) is 2.09. The second kappa shape index (κ2) is 7.36. The minimum Gasteiger partial charge on any atom is -0.396 e. The number of halogens is 1. The molecule has 0 aliphatic carbocycles. The van der Waals surface area contributed by atoms with Gasteiger partial charge in [-0.3, -0.25) is 4.79 Å². The zero-order valence-corrected chi connectivity index (χ0v) is 15.3. The molecule has 0 radical (unpaired) electrons. The molecule has 122 valence electrons. The molecule has 1 aliphatic heterocycles. The Labute approximate surface area is 141 Å². The molecule has 2 rings (SSSR count). The molecule has 0 saturated heterocycles. The van der Waals surface area contributed by atoms with Gasteiger partial charge in [-0.2, -0.15) is 0 Å². The fourth-order valence-electron chi connectivity index (χ4n) is 3.15. The lowest BCUT2D eigenvalue weighted by Crippen LogP contribution is -2.35. The molecule has 1 atom stereocenters. The molecule has 1 aromatic rings. The Morgan fingerprint density at radius 2 is 2.23 bits per heavy atom. The molecule has 0 fully saturated rings. The Hall–Kier alpha value is -1.23. The third-order valence-corrected chi connectivity index (χ3v) is 5.11. The minimum atomic E-state index is -0.0692. The molecule has 1 unspecified atom stereocenters. The molecule has 22 heavy (non-hydrogen) atoms. The van der Waals surface area contributed by atoms with Gasteiger partial charge in [0.15, 0.2) is 0 Å². The van der Waals surface area contributed by atoms with Gasteiger partial charge in [0.2, 0.25) is 0 Å². The Morgan fingerprint density at radius 3 is 2.86 bits per heavy atom. The first kappa shape index (κ1) is 17.1. The average Bonchev–Trinajstić information content (AvgIpc) is 2.50. The van der Waals surface area contributed by atoms with Gasteiger partial charge in [-0.15, -0.1) is 0 Å². The maximum absolute atomic E-state index is 12.6. The molecule has 0 bridgehead atoms. The number of amides is 1. The van der Waals surface area contributed by atoms with Crippen molar-refractivity contribution >= 4 is 33.2 Å². The normalized spacial score (nSPS) is 15.4. The van der Waals surface area contributed by atoms with E-state index in [1.807, 2.05) is 13.1 Å². The SMILES string of the molecule is CCCC(CC)NC(=O)c1cc(Br)c2c(c1N)N(C)CCC2. The molecular weight excluding hydrogens is 342 g/mol. The maximum Gasteiger partial charge on any atom is 0.253 e. The first-order valence-corrected chi connectivity index (χ1v) is 8.91. The zero-order chi connectivity index (χ0) is 16.3. The fourth-order valence-corrected chi connectivity index (χ4v) is 3.77. The largest absolute Gasteiger partial charge is 0.396 e. The summed E-state index contributed by atoms with van der Waals surface area (Å²) in [5.41, 5.74) is 9.73. The lowest BCUT2D eigenvalue weighted by Gasteiger charge is -2.31. The molecular formula is C17H26BrN3O. The number of carbonyl (C=O) groups is 1. The van der Waals surface area contributed by atoms with Crippen molar-refractivity contribution in [2.24, 2.45) is 0 Å². The van der Waals surface area contributed by atoms with Gasteiger partial charge < -0.3 is 16.0 Å². The van der Waals surface area contributed by atoms with Crippen molar-refractivity contribution in [2.45, 2.75) is 52.0 Å². The summed E-state index contributed by atoms with van der Waals surface area (Å²) in [6.07, 6.45) is 5.10. The molecule has 1 aliphatic rings. The van der Waals surface area contributed by atoms with Crippen LogP contribution < -0.4 is 16.0 Å². The Kier molecular flexibility index (Phi) is 5.73. The van der Waals surface area contributed by atoms with E-state index in [0.29, 0.717) is 11.3 Å². The summed E-state index contributed by atoms with van der Waals surface area (Å²) < 4.78 is 0.983. The number of anilines is 2. The van der Waals surface area contributed by atoms with Crippen molar-refractivity contribution in [3.63, 3.8) is 0 Å². The summed E-state index contributed by atoms with van der Waals surface area (Å²) >= 11 is 3.61. The summed E-state index contributed by atoms with van der Waals surface area (Å²) in [7, 11) is 2.04. The molecule has 1 heterocycles. The average molecular weight is 368 g/mol. The van der Waals surface area contributed by atoms with Crippen molar-refractivity contribution in [3.8, 4) is 0 Å². The highest BCUT2D eigenvalue weighted by molar-refractivity contribution is 9.10. The van der Waals surface area contributed by atoms with Crippen LogP contribution in [0.25, 0.3) is 0 Å². The van der Waals surface area contributed by atoms with E-state index in [4.69, 9.17) is 5.73 Å². The predicted molar refractivity (Wildman–Crippen MR) is 96.6 cm³/mol. The topological polar surface area (TPSA) is 58.4 Å². The molecule has 5 heteroatoms. The van der Waals surface area contributed by atoms with Crippen LogP contribution in [0.15, 0.2) is 10.5 Å². The van der Waals surface area contributed by atoms with Crippen LogP contribution in [0.5, 0.6) is 0 Å². The molecule has 4 nitrogen and oxygen atoms in total. The van der Waals surface area contributed by atoms with Crippen LogP contribution in [-0.4, -0.2) is 25.5 Å². The predicted octanol–water partition coefficient (Wildman–Crippen LogP) is 3.72. The van der Waals surface area contributed by atoms with Crippen LogP contribution in [0.2, 0.25) is 0 Å². The van der Waals surface area contributed by atoms with Gasteiger partial charge in [0.05, 0.1) is 16.9 Å². The van der Waals surface area contributed by atoms with Gasteiger partial charge in [0, 0.05) is 24.1 Å². The molecule has 1 amide bonds. The van der Waals surface area contributed by atoms with E-state index < -0.39 is 0 Å². The van der Waals surface area contributed by atoms with Crippen LogP contribution in [-0.2, 0) is 6.42 Å². The van der Waals surface area contributed by atoms with Gasteiger partial charge in [-0.05, 0) is 37.3 Å². The lowest BCUT2D eigenvalue weighted by molar-refractivity contribution is 0.0934. The fraction of sp³-hybridized carbons (Fsp3) is 0.588. The molecule has 3 N–H and O–H groups in total. The summed E-state index contributed by atoms with van der Waals surface area (Å²) in [6.45, 7) is 5.20. The Bertz CT molecular complexity index is 559. The number of nitrogen functional groups attached to an aromatic ring is 1. The van der Waals surface area contributed by atoms with E-state index in [9.17, 15) is 4.79 Å². The highest BCUT2D eigenvalue weighted by Gasteiger charge is 2.24. The Morgan fingerprint density at radius 1 is 1.50 bits per heavy atom. The number of hydrogen-bond donors (Lipinski definition) is 2. The molecule has 0 aromatic heterocycles. The maximum atomic E-state index is 12.6. The van der Waals surface area contributed by atoms with E-state index in [2.05, 4.69) is 40.0 Å². The number of nitrogens with two attached hydrogens (primary N) is 1. The van der Waals surface area contributed by atoms with Gasteiger partial charge >= 0.3 is 0 Å². The van der Waals surface area contributed by atoms with E-state index in [0.717, 1.165) is 48.8 Å². The number of carbonyl (C=O) groups excluding carboxylic acids is 1. The van der Waals surface area contributed by atoms with Gasteiger partial charge in [0.25, 0.3) is 5.91 Å². The second-order valence-corrected chi connectivity index (χ2v) is 6.89. The van der Waals surface area contributed by atoms with Crippen LogP contribution in [0.3, 0.4) is 0 Å². The van der Waals surface area contributed by atoms with Crippen molar-refractivity contribution in [1.29, 1.82) is 0 Å². The number of nitrogens with one attached hydrogen (secondary N) is 1. The van der Waals surface area contributed by atoms with Gasteiger partial charge in [-0.1, -0.05) is 36.2 Å². The number of benzene rings is 1. The smallest absolute Gasteiger partial charge is 0.253 e. The third-order valence-electron chi connectivity index (χ3n) is 4.40. The number of fused-ring (bicyclic) bond motifs is 1. The molecule has 1 aromatic carbocycles. The standard InChI is InChI=1S/C17H26BrN3O/c1-4-7-11(5-2)20-17(22)13-10-14(18)12-8-6-9-21(3)16(12)15(13)19/h10-11H,4-9,19H2,1-3H3,(H,20,22). The highest BCUT2D eigenvalue weighted by atomic mass is 79.9. The second-order valence-electron chi connectivity index (χ2n) is 6.04. The van der Waals surface area contributed by atoms with Crippen molar-refractivity contribution in [3.05, 3.63) is 21.7 Å². The van der Waals surface area contributed by atoms with Crippen molar-refractivity contribution in [2.75, 3.05) is 24.2 Å². The van der Waals surface area contributed by atoms with Gasteiger partial charge in [-0.25, -0.2) is 0 Å². The minimum absolute atomic E-state index is 0.0692. The Balaban J connectivity index is 2.34. The number of rotatable bonds is 5. The van der Waals surface area contributed by atoms with Crippen LogP contribution in [0.4, 0.5) is 11.4 Å². The van der Waals surface area contributed by atoms with E-state index in [1.54, 1.807) is 0 Å². The third kappa shape index (κ3) is 3.40. The van der Waals surface area contributed by atoms with E-state index >= 15 is 0 Å². The summed E-state index contributed by atoms with van der Waals surface area (Å²) in [5.74, 6) is -0.0692. The quantitative estimate of drug-likeness (QED) is 0.779. The monoisotopic (exact) mass is 367 g/mol. The van der Waals surface area contributed by atoms with Crippen LogP contribution in [0, 0.1) is 0 Å². The first-order valence-electron chi connectivity index (χ1n) is 8.12. The van der Waals surface area contributed by atoms with Crippen LogP contribution in [0.1, 0.15) is 55.5 Å². The summed E-state index contributed by atoms with van der Waals surface area (Å²) in [5, 5.41) is 3.12. The lowest BCUT2D eigenvalue weighted by atomic mass is 9.97. The zero-order valence-electron chi connectivity index (χ0n) is 13.7. The molecule has 0 saturated carbocycles. The highest BCUT2D eigenvalue weighted by Crippen LogP contribution is 2.39. The first-order chi connectivity index (χ1) is 10.5. The van der Waals surface area contributed by atoms with Crippen molar-refractivity contribution in [1.82, 2.24) is 5.32 Å². The van der Waals surface area contributed by atoms with Crippen molar-refractivity contribution < 1.29 is 4.79 Å². The van der Waals surface area contributed by atoms with Crippen LogP contribution >= 0.6 is 15.9 Å². The molecule has 0 spiro atoms.